The minimum Gasteiger partial charge on any atom is -0.353 e. The second kappa shape index (κ2) is 7.85. The van der Waals surface area contributed by atoms with Crippen LogP contribution < -0.4 is 5.32 Å². The van der Waals surface area contributed by atoms with E-state index in [1.54, 1.807) is 17.0 Å². The molecule has 0 bridgehead atoms. The molecule has 1 atom stereocenters. The Morgan fingerprint density at radius 1 is 1.26 bits per heavy atom. The number of nitrogens with zero attached hydrogens (tertiary/aromatic N) is 3. The molecule has 0 aliphatic carbocycles. The maximum Gasteiger partial charge on any atom is 0.270 e. The van der Waals surface area contributed by atoms with Crippen LogP contribution >= 0.6 is 0 Å². The number of hydrogen-bond donors (Lipinski definition) is 1. The van der Waals surface area contributed by atoms with Gasteiger partial charge in [-0.1, -0.05) is 26.0 Å². The SMILES string of the molecule is CC(C)C1C(=O)NCCN1C(=O)C1=NN(Cc2ccc(F)cc2)C(=O)CC1. The first-order valence-electron chi connectivity index (χ1n) is 9.08. The zero-order valence-electron chi connectivity index (χ0n) is 15.4. The van der Waals surface area contributed by atoms with Crippen LogP contribution in [-0.4, -0.2) is 52.5 Å². The molecule has 0 spiro atoms. The predicted molar refractivity (Wildman–Crippen MR) is 97.0 cm³/mol. The van der Waals surface area contributed by atoms with Crippen molar-refractivity contribution in [3.05, 3.63) is 35.6 Å². The minimum atomic E-state index is -0.544. The molecule has 7 nitrogen and oxygen atoms in total. The van der Waals surface area contributed by atoms with Gasteiger partial charge in [-0.05, 0) is 23.6 Å². The summed E-state index contributed by atoms with van der Waals surface area (Å²) in [5.41, 5.74) is 0.997. The number of benzene rings is 1. The van der Waals surface area contributed by atoms with Gasteiger partial charge in [0.25, 0.3) is 5.91 Å². The van der Waals surface area contributed by atoms with Crippen molar-refractivity contribution in [2.45, 2.75) is 39.3 Å². The van der Waals surface area contributed by atoms with E-state index >= 15 is 0 Å². The van der Waals surface area contributed by atoms with Crippen LogP contribution in [0, 0.1) is 11.7 Å². The number of hydrazone groups is 1. The lowest BCUT2D eigenvalue weighted by Gasteiger charge is -2.38. The summed E-state index contributed by atoms with van der Waals surface area (Å²) in [5, 5.41) is 8.29. The van der Waals surface area contributed by atoms with E-state index < -0.39 is 6.04 Å². The van der Waals surface area contributed by atoms with Gasteiger partial charge in [-0.15, -0.1) is 0 Å². The van der Waals surface area contributed by atoms with Crippen LogP contribution in [0.15, 0.2) is 29.4 Å². The van der Waals surface area contributed by atoms with Gasteiger partial charge < -0.3 is 10.2 Å². The standard InChI is InChI=1S/C19H23FN4O3/c1-12(2)17-18(26)21-9-10-23(17)19(27)15-7-8-16(25)24(22-15)11-13-3-5-14(20)6-4-13/h3-6,12,17H,7-11H2,1-2H3,(H,21,26). The van der Waals surface area contributed by atoms with Gasteiger partial charge in [-0.25, -0.2) is 9.40 Å². The summed E-state index contributed by atoms with van der Waals surface area (Å²) >= 11 is 0. The average Bonchev–Trinajstić information content (AvgIpc) is 2.64. The molecule has 1 aromatic carbocycles. The van der Waals surface area contributed by atoms with Gasteiger partial charge in [-0.3, -0.25) is 14.4 Å². The van der Waals surface area contributed by atoms with Gasteiger partial charge in [0, 0.05) is 25.9 Å². The molecule has 3 rings (SSSR count). The Morgan fingerprint density at radius 3 is 2.63 bits per heavy atom. The molecule has 3 amide bonds. The molecule has 1 aromatic rings. The predicted octanol–water partition coefficient (Wildman–Crippen LogP) is 1.29. The lowest BCUT2D eigenvalue weighted by Crippen LogP contribution is -2.60. The fraction of sp³-hybridized carbons (Fsp3) is 0.474. The van der Waals surface area contributed by atoms with Crippen molar-refractivity contribution in [3.8, 4) is 0 Å². The van der Waals surface area contributed by atoms with Crippen LogP contribution in [0.3, 0.4) is 0 Å². The number of nitrogens with one attached hydrogen (secondary N) is 1. The molecular formula is C19H23FN4O3. The molecule has 27 heavy (non-hydrogen) atoms. The van der Waals surface area contributed by atoms with E-state index in [9.17, 15) is 18.8 Å². The first-order valence-corrected chi connectivity index (χ1v) is 9.08. The molecule has 144 valence electrons. The summed E-state index contributed by atoms with van der Waals surface area (Å²) in [6.07, 6.45) is 0.429. The molecule has 1 saturated heterocycles. The number of rotatable bonds is 4. The molecule has 1 N–H and O–H groups in total. The fourth-order valence-electron chi connectivity index (χ4n) is 3.38. The van der Waals surface area contributed by atoms with Crippen LogP contribution in [0.25, 0.3) is 0 Å². The summed E-state index contributed by atoms with van der Waals surface area (Å²) < 4.78 is 13.1. The number of halogens is 1. The molecule has 0 radical (unpaired) electrons. The lowest BCUT2D eigenvalue weighted by molar-refractivity contribution is -0.141. The Kier molecular flexibility index (Phi) is 5.53. The third-order valence-corrected chi connectivity index (χ3v) is 4.75. The van der Waals surface area contributed by atoms with E-state index in [0.29, 0.717) is 13.1 Å². The van der Waals surface area contributed by atoms with Crippen molar-refractivity contribution in [2.75, 3.05) is 13.1 Å². The summed E-state index contributed by atoms with van der Waals surface area (Å²) in [7, 11) is 0. The number of hydrogen-bond acceptors (Lipinski definition) is 4. The Morgan fingerprint density at radius 2 is 1.96 bits per heavy atom. The molecule has 8 heteroatoms. The summed E-state index contributed by atoms with van der Waals surface area (Å²) in [5.74, 6) is -1.05. The van der Waals surface area contributed by atoms with Crippen molar-refractivity contribution in [2.24, 2.45) is 11.0 Å². The zero-order chi connectivity index (χ0) is 19.6. The highest BCUT2D eigenvalue weighted by Crippen LogP contribution is 2.19. The molecule has 2 aliphatic heterocycles. The Labute approximate surface area is 157 Å². The number of carbonyl (C=O) groups is 3. The summed E-state index contributed by atoms with van der Waals surface area (Å²) in [4.78, 5) is 38.9. The number of piperazine rings is 1. The largest absolute Gasteiger partial charge is 0.353 e. The van der Waals surface area contributed by atoms with Gasteiger partial charge in [0.2, 0.25) is 11.8 Å². The van der Waals surface area contributed by atoms with Crippen LogP contribution in [0.5, 0.6) is 0 Å². The van der Waals surface area contributed by atoms with Crippen molar-refractivity contribution >= 4 is 23.4 Å². The van der Waals surface area contributed by atoms with Crippen molar-refractivity contribution < 1.29 is 18.8 Å². The van der Waals surface area contributed by atoms with E-state index in [1.165, 1.54) is 17.1 Å². The van der Waals surface area contributed by atoms with Crippen LogP contribution in [-0.2, 0) is 20.9 Å². The van der Waals surface area contributed by atoms with Gasteiger partial charge in [0.05, 0.1) is 6.54 Å². The van der Waals surface area contributed by atoms with Crippen molar-refractivity contribution in [3.63, 3.8) is 0 Å². The Hall–Kier alpha value is -2.77. The molecule has 1 fully saturated rings. The van der Waals surface area contributed by atoms with Crippen LogP contribution in [0.1, 0.15) is 32.3 Å². The minimum absolute atomic E-state index is 0.0320. The highest BCUT2D eigenvalue weighted by Gasteiger charge is 2.38. The Balaban J connectivity index is 1.79. The van der Waals surface area contributed by atoms with Gasteiger partial charge in [0.15, 0.2) is 0 Å². The zero-order valence-corrected chi connectivity index (χ0v) is 15.4. The molecule has 2 heterocycles. The molecular weight excluding hydrogens is 351 g/mol. The average molecular weight is 374 g/mol. The highest BCUT2D eigenvalue weighted by atomic mass is 19.1. The van der Waals surface area contributed by atoms with Gasteiger partial charge in [-0.2, -0.15) is 5.10 Å². The lowest BCUT2D eigenvalue weighted by atomic mass is 9.98. The maximum atomic E-state index is 13.1. The molecule has 0 aromatic heterocycles. The number of carbonyl (C=O) groups excluding carboxylic acids is 3. The topological polar surface area (TPSA) is 82.1 Å². The van der Waals surface area contributed by atoms with E-state index in [-0.39, 0.29) is 54.6 Å². The van der Waals surface area contributed by atoms with Gasteiger partial charge in [0.1, 0.15) is 17.6 Å². The number of amides is 3. The first kappa shape index (κ1) is 19.0. The van der Waals surface area contributed by atoms with Crippen LogP contribution in [0.4, 0.5) is 4.39 Å². The monoisotopic (exact) mass is 374 g/mol. The molecule has 2 aliphatic rings. The third-order valence-electron chi connectivity index (χ3n) is 4.75. The first-order chi connectivity index (χ1) is 12.9. The van der Waals surface area contributed by atoms with Gasteiger partial charge >= 0.3 is 0 Å². The van der Waals surface area contributed by atoms with Crippen molar-refractivity contribution in [1.29, 1.82) is 0 Å². The summed E-state index contributed by atoms with van der Waals surface area (Å²) in [6.45, 7) is 4.77. The summed E-state index contributed by atoms with van der Waals surface area (Å²) in [6, 6.07) is 5.26. The fourth-order valence-corrected chi connectivity index (χ4v) is 3.38. The van der Waals surface area contributed by atoms with E-state index in [1.807, 2.05) is 13.8 Å². The third kappa shape index (κ3) is 4.15. The quantitative estimate of drug-likeness (QED) is 0.862. The molecule has 0 saturated carbocycles. The van der Waals surface area contributed by atoms with Crippen LogP contribution in [0.2, 0.25) is 0 Å². The van der Waals surface area contributed by atoms with E-state index in [4.69, 9.17) is 0 Å². The highest BCUT2D eigenvalue weighted by molar-refractivity contribution is 6.39. The smallest absolute Gasteiger partial charge is 0.270 e. The second-order valence-electron chi connectivity index (χ2n) is 7.10. The molecule has 1 unspecified atom stereocenters. The normalized spacial score (nSPS) is 20.6. The Bertz CT molecular complexity index is 776. The maximum absolute atomic E-state index is 13.1. The second-order valence-corrected chi connectivity index (χ2v) is 7.10. The van der Waals surface area contributed by atoms with E-state index in [2.05, 4.69) is 10.4 Å². The van der Waals surface area contributed by atoms with E-state index in [0.717, 1.165) is 5.56 Å². The van der Waals surface area contributed by atoms with Crippen molar-refractivity contribution in [1.82, 2.24) is 15.2 Å².